The zero-order valence-electron chi connectivity index (χ0n) is 10.8. The van der Waals surface area contributed by atoms with Gasteiger partial charge in [0.15, 0.2) is 0 Å². The molecule has 1 rings (SSSR count). The summed E-state index contributed by atoms with van der Waals surface area (Å²) in [6, 6.07) is 3.51. The normalized spacial score (nSPS) is 11.9. The molecule has 7 nitrogen and oxygen atoms in total. The molecule has 0 saturated carbocycles. The molecule has 1 aromatic carbocycles. The molecule has 0 saturated heterocycles. The van der Waals surface area contributed by atoms with Gasteiger partial charge in [0, 0.05) is 19.6 Å². The average molecular weight is 268 g/mol. The van der Waals surface area contributed by atoms with Crippen molar-refractivity contribution >= 4 is 17.3 Å². The summed E-state index contributed by atoms with van der Waals surface area (Å²) in [7, 11) is 1.56. The van der Waals surface area contributed by atoms with Crippen LogP contribution in [0.2, 0.25) is 0 Å². The summed E-state index contributed by atoms with van der Waals surface area (Å²) < 4.78 is 5.01. The van der Waals surface area contributed by atoms with Crippen molar-refractivity contribution in [3.63, 3.8) is 0 Å². The molecule has 0 aromatic heterocycles. The molecule has 7 heteroatoms. The van der Waals surface area contributed by atoms with Gasteiger partial charge in [-0.3, -0.25) is 14.9 Å². The number of nitro benzene ring substituents is 1. The summed E-state index contributed by atoms with van der Waals surface area (Å²) >= 11 is 0. The highest BCUT2D eigenvalue weighted by atomic mass is 16.6. The highest BCUT2D eigenvalue weighted by molar-refractivity contribution is 5.92. The van der Waals surface area contributed by atoms with Gasteiger partial charge in [-0.15, -0.1) is 0 Å². The quantitative estimate of drug-likeness (QED) is 0.467. The van der Waals surface area contributed by atoms with E-state index in [4.69, 9.17) is 4.74 Å². The van der Waals surface area contributed by atoms with Crippen molar-refractivity contribution in [3.05, 3.63) is 28.3 Å². The summed E-state index contributed by atoms with van der Waals surface area (Å²) in [4.78, 5) is 21.5. The number of methoxy groups -OCH3 is 1. The van der Waals surface area contributed by atoms with Crippen LogP contribution in [0.15, 0.2) is 18.2 Å². The maximum atomic E-state index is 11.6. The highest BCUT2D eigenvalue weighted by Crippen LogP contribution is 2.27. The molecule has 104 valence electrons. The van der Waals surface area contributed by atoms with Crippen LogP contribution in [0.1, 0.15) is 19.8 Å². The summed E-state index contributed by atoms with van der Waals surface area (Å²) in [5.74, 6) is -0.615. The molecule has 0 bridgehead atoms. The van der Waals surface area contributed by atoms with Crippen molar-refractivity contribution in [2.75, 3.05) is 12.4 Å². The SMILES string of the molecule is COC(C)CCC(=O)Nc1ccc([N+](=O)[O-])cc1O. The standard InChI is InChI=1S/C12H16N2O5/c1-8(19-2)3-6-12(16)13-10-5-4-9(14(17)18)7-11(10)15/h4-5,7-8,15H,3,6H2,1-2H3,(H,13,16). The van der Waals surface area contributed by atoms with Crippen LogP contribution in [0.25, 0.3) is 0 Å². The number of amides is 1. The van der Waals surface area contributed by atoms with Crippen molar-refractivity contribution in [2.45, 2.75) is 25.9 Å². The third kappa shape index (κ3) is 4.55. The first-order chi connectivity index (χ1) is 8.93. The predicted octanol–water partition coefficient (Wildman–Crippen LogP) is 2.05. The van der Waals surface area contributed by atoms with E-state index in [1.54, 1.807) is 7.11 Å². The first kappa shape index (κ1) is 14.9. The van der Waals surface area contributed by atoms with Crippen LogP contribution in [-0.2, 0) is 9.53 Å². The monoisotopic (exact) mass is 268 g/mol. The Hall–Kier alpha value is -2.15. The zero-order chi connectivity index (χ0) is 14.4. The van der Waals surface area contributed by atoms with Gasteiger partial charge < -0.3 is 15.2 Å². The lowest BCUT2D eigenvalue weighted by molar-refractivity contribution is -0.384. The van der Waals surface area contributed by atoms with E-state index >= 15 is 0 Å². The fraction of sp³-hybridized carbons (Fsp3) is 0.417. The molecule has 1 unspecified atom stereocenters. The fourth-order valence-corrected chi connectivity index (χ4v) is 1.40. The maximum Gasteiger partial charge on any atom is 0.273 e. The van der Waals surface area contributed by atoms with Gasteiger partial charge in [-0.05, 0) is 19.4 Å². The number of aromatic hydroxyl groups is 1. The number of nitro groups is 1. The Morgan fingerprint density at radius 2 is 2.26 bits per heavy atom. The Morgan fingerprint density at radius 3 is 2.79 bits per heavy atom. The Bertz CT molecular complexity index is 475. The van der Waals surface area contributed by atoms with Gasteiger partial charge in [0.05, 0.1) is 22.8 Å². The van der Waals surface area contributed by atoms with Gasteiger partial charge >= 0.3 is 0 Å². The molecule has 0 fully saturated rings. The molecule has 1 atom stereocenters. The molecule has 0 heterocycles. The van der Waals surface area contributed by atoms with E-state index in [1.807, 2.05) is 6.92 Å². The molecule has 0 aliphatic rings. The number of carbonyl (C=O) groups is 1. The number of hydrogen-bond donors (Lipinski definition) is 2. The lowest BCUT2D eigenvalue weighted by Gasteiger charge is -2.10. The lowest BCUT2D eigenvalue weighted by atomic mass is 10.2. The van der Waals surface area contributed by atoms with Gasteiger partial charge in [0.25, 0.3) is 5.69 Å². The van der Waals surface area contributed by atoms with E-state index in [9.17, 15) is 20.0 Å². The summed E-state index contributed by atoms with van der Waals surface area (Å²) in [5.41, 5.74) is -0.0795. The first-order valence-electron chi connectivity index (χ1n) is 5.74. The number of rotatable bonds is 6. The van der Waals surface area contributed by atoms with Crippen LogP contribution >= 0.6 is 0 Å². The van der Waals surface area contributed by atoms with Crippen LogP contribution in [0.5, 0.6) is 5.75 Å². The number of non-ortho nitro benzene ring substituents is 1. The number of hydrogen-bond acceptors (Lipinski definition) is 5. The van der Waals surface area contributed by atoms with E-state index in [0.29, 0.717) is 6.42 Å². The lowest BCUT2D eigenvalue weighted by Crippen LogP contribution is -2.15. The smallest absolute Gasteiger partial charge is 0.273 e. The molecule has 0 aliphatic carbocycles. The van der Waals surface area contributed by atoms with Crippen molar-refractivity contribution < 1.29 is 19.6 Å². The highest BCUT2D eigenvalue weighted by Gasteiger charge is 2.12. The molecule has 19 heavy (non-hydrogen) atoms. The summed E-state index contributed by atoms with van der Waals surface area (Å²) in [6.07, 6.45) is 0.762. The molecule has 0 spiro atoms. The minimum Gasteiger partial charge on any atom is -0.506 e. The average Bonchev–Trinajstić information content (AvgIpc) is 2.38. The topological polar surface area (TPSA) is 102 Å². The number of carbonyl (C=O) groups excluding carboxylic acids is 1. The number of anilines is 1. The van der Waals surface area contributed by atoms with Crippen LogP contribution in [0, 0.1) is 10.1 Å². The molecular weight excluding hydrogens is 252 g/mol. The number of phenols is 1. The van der Waals surface area contributed by atoms with Crippen LogP contribution in [0.3, 0.4) is 0 Å². The second kappa shape index (κ2) is 6.69. The Kier molecular flexibility index (Phi) is 5.25. The molecule has 2 N–H and O–H groups in total. The number of nitrogens with one attached hydrogen (secondary N) is 1. The van der Waals surface area contributed by atoms with Crippen LogP contribution in [-0.4, -0.2) is 29.2 Å². The number of phenolic OH excluding ortho intramolecular Hbond substituents is 1. The van der Waals surface area contributed by atoms with Crippen molar-refractivity contribution in [1.29, 1.82) is 0 Å². The number of benzene rings is 1. The first-order valence-corrected chi connectivity index (χ1v) is 5.74. The Morgan fingerprint density at radius 1 is 1.58 bits per heavy atom. The summed E-state index contributed by atoms with van der Waals surface area (Å²) in [5, 5.41) is 22.5. The van der Waals surface area contributed by atoms with Crippen molar-refractivity contribution in [3.8, 4) is 5.75 Å². The minimum atomic E-state index is -0.619. The number of ether oxygens (including phenoxy) is 1. The van der Waals surface area contributed by atoms with E-state index in [-0.39, 0.29) is 35.6 Å². The van der Waals surface area contributed by atoms with Gasteiger partial charge in [-0.2, -0.15) is 0 Å². The third-order valence-corrected chi connectivity index (χ3v) is 2.65. The van der Waals surface area contributed by atoms with Gasteiger partial charge in [-0.25, -0.2) is 0 Å². The zero-order valence-corrected chi connectivity index (χ0v) is 10.8. The van der Waals surface area contributed by atoms with Crippen LogP contribution < -0.4 is 5.32 Å². The van der Waals surface area contributed by atoms with Crippen molar-refractivity contribution in [1.82, 2.24) is 0 Å². The second-order valence-corrected chi connectivity index (χ2v) is 4.09. The fourth-order valence-electron chi connectivity index (χ4n) is 1.40. The molecule has 0 radical (unpaired) electrons. The molecule has 0 aliphatic heterocycles. The molecule has 1 aromatic rings. The van der Waals surface area contributed by atoms with E-state index < -0.39 is 4.92 Å². The molecular formula is C12H16N2O5. The van der Waals surface area contributed by atoms with Gasteiger partial charge in [-0.1, -0.05) is 0 Å². The Balaban J connectivity index is 2.62. The largest absolute Gasteiger partial charge is 0.506 e. The van der Waals surface area contributed by atoms with E-state index in [2.05, 4.69) is 5.32 Å². The van der Waals surface area contributed by atoms with Crippen molar-refractivity contribution in [2.24, 2.45) is 0 Å². The van der Waals surface area contributed by atoms with E-state index in [1.165, 1.54) is 12.1 Å². The van der Waals surface area contributed by atoms with Gasteiger partial charge in [0.2, 0.25) is 5.91 Å². The van der Waals surface area contributed by atoms with Crippen LogP contribution in [0.4, 0.5) is 11.4 Å². The second-order valence-electron chi connectivity index (χ2n) is 4.09. The molecule has 1 amide bonds. The maximum absolute atomic E-state index is 11.6. The third-order valence-electron chi connectivity index (χ3n) is 2.65. The predicted molar refractivity (Wildman–Crippen MR) is 69.1 cm³/mol. The Labute approximate surface area is 110 Å². The van der Waals surface area contributed by atoms with E-state index in [0.717, 1.165) is 6.07 Å². The summed E-state index contributed by atoms with van der Waals surface area (Å²) in [6.45, 7) is 1.84. The number of nitrogens with zero attached hydrogens (tertiary/aromatic N) is 1. The van der Waals surface area contributed by atoms with Gasteiger partial charge in [0.1, 0.15) is 5.75 Å². The minimum absolute atomic E-state index is 0.0313.